The molecular weight excluding hydrogens is 401 g/mol. The van der Waals surface area contributed by atoms with E-state index in [0.29, 0.717) is 10.9 Å². The number of amides is 2. The van der Waals surface area contributed by atoms with Gasteiger partial charge in [0.05, 0.1) is 29.5 Å². The van der Waals surface area contributed by atoms with Gasteiger partial charge >= 0.3 is 6.18 Å². The van der Waals surface area contributed by atoms with Crippen molar-refractivity contribution in [1.29, 1.82) is 0 Å². The summed E-state index contributed by atoms with van der Waals surface area (Å²) in [6, 6.07) is 9.82. The first-order chi connectivity index (χ1) is 14.1. The number of hydrogen-bond donors (Lipinski definition) is 2. The van der Waals surface area contributed by atoms with Gasteiger partial charge in [-0.2, -0.15) is 18.3 Å². The summed E-state index contributed by atoms with van der Waals surface area (Å²) in [6.45, 7) is 1.25. The number of para-hydroxylation sites is 1. The van der Waals surface area contributed by atoms with Crippen LogP contribution in [0.2, 0.25) is 0 Å². The summed E-state index contributed by atoms with van der Waals surface area (Å²) in [5.41, 5.74) is -1.26. The summed E-state index contributed by atoms with van der Waals surface area (Å²) < 4.78 is 41.6. The number of rotatable bonds is 5. The standard InChI is InChI=1S/C20H17F3N4O3/c1-12(28)25-13-6-7-16(15(10-13)20(21,22)23)26-19(30)8-9-27-17-5-3-2-4-14(17)18(29)11-24-27/h2-7,10-11H,8-9H2,1H3,(H,25,28)(H,26,30). The van der Waals surface area contributed by atoms with Crippen molar-refractivity contribution in [3.8, 4) is 0 Å². The fraction of sp³-hybridized carbons (Fsp3) is 0.200. The molecule has 156 valence electrons. The van der Waals surface area contributed by atoms with E-state index in [1.54, 1.807) is 24.3 Å². The van der Waals surface area contributed by atoms with Gasteiger partial charge in [-0.3, -0.25) is 19.1 Å². The molecule has 0 aliphatic heterocycles. The number of anilines is 2. The van der Waals surface area contributed by atoms with Gasteiger partial charge in [-0.05, 0) is 30.3 Å². The smallest absolute Gasteiger partial charge is 0.326 e. The van der Waals surface area contributed by atoms with Crippen molar-refractivity contribution < 1.29 is 22.8 Å². The molecule has 10 heteroatoms. The van der Waals surface area contributed by atoms with Crippen LogP contribution in [0.3, 0.4) is 0 Å². The molecule has 0 bridgehead atoms. The molecule has 2 amide bonds. The van der Waals surface area contributed by atoms with Crippen LogP contribution < -0.4 is 16.1 Å². The summed E-state index contributed by atoms with van der Waals surface area (Å²) >= 11 is 0. The Labute approximate surface area is 168 Å². The highest BCUT2D eigenvalue weighted by Gasteiger charge is 2.34. The van der Waals surface area contributed by atoms with E-state index in [2.05, 4.69) is 15.7 Å². The fourth-order valence-electron chi connectivity index (χ4n) is 2.93. The normalized spacial score (nSPS) is 11.3. The number of carbonyl (C=O) groups excluding carboxylic acids is 2. The van der Waals surface area contributed by atoms with Crippen LogP contribution >= 0.6 is 0 Å². The minimum absolute atomic E-state index is 0.0308. The van der Waals surface area contributed by atoms with Gasteiger partial charge in [0.1, 0.15) is 0 Å². The third kappa shape index (κ3) is 4.83. The first kappa shape index (κ1) is 21.0. The number of fused-ring (bicyclic) bond motifs is 1. The Kier molecular flexibility index (Phi) is 5.86. The number of halogens is 3. The lowest BCUT2D eigenvalue weighted by Crippen LogP contribution is -2.20. The number of nitrogens with zero attached hydrogens (tertiary/aromatic N) is 2. The molecule has 0 spiro atoms. The number of carbonyl (C=O) groups is 2. The summed E-state index contributed by atoms with van der Waals surface area (Å²) in [7, 11) is 0. The molecule has 1 aromatic heterocycles. The number of hydrogen-bond acceptors (Lipinski definition) is 4. The third-order valence-corrected chi connectivity index (χ3v) is 4.23. The van der Waals surface area contributed by atoms with Gasteiger partial charge < -0.3 is 10.6 Å². The highest BCUT2D eigenvalue weighted by atomic mass is 19.4. The second-order valence-corrected chi connectivity index (χ2v) is 6.49. The largest absolute Gasteiger partial charge is 0.418 e. The molecule has 7 nitrogen and oxygen atoms in total. The molecule has 0 aliphatic rings. The number of nitrogens with one attached hydrogen (secondary N) is 2. The zero-order valence-corrected chi connectivity index (χ0v) is 15.8. The van der Waals surface area contributed by atoms with Gasteiger partial charge in [0.2, 0.25) is 17.2 Å². The highest BCUT2D eigenvalue weighted by molar-refractivity contribution is 5.93. The fourth-order valence-corrected chi connectivity index (χ4v) is 2.93. The highest BCUT2D eigenvalue weighted by Crippen LogP contribution is 2.36. The van der Waals surface area contributed by atoms with Crippen LogP contribution in [0.1, 0.15) is 18.9 Å². The van der Waals surface area contributed by atoms with Gasteiger partial charge in [-0.25, -0.2) is 0 Å². The van der Waals surface area contributed by atoms with Crippen molar-refractivity contribution >= 4 is 34.1 Å². The first-order valence-corrected chi connectivity index (χ1v) is 8.88. The van der Waals surface area contributed by atoms with E-state index in [1.165, 1.54) is 17.7 Å². The number of aromatic nitrogens is 2. The van der Waals surface area contributed by atoms with Crippen LogP contribution in [0.5, 0.6) is 0 Å². The topological polar surface area (TPSA) is 93.1 Å². The number of aryl methyl sites for hydroxylation is 1. The lowest BCUT2D eigenvalue weighted by molar-refractivity contribution is -0.137. The van der Waals surface area contributed by atoms with Crippen LogP contribution in [0.4, 0.5) is 24.5 Å². The van der Waals surface area contributed by atoms with E-state index >= 15 is 0 Å². The average molecular weight is 418 g/mol. The van der Waals surface area contributed by atoms with Gasteiger partial charge in [0.25, 0.3) is 0 Å². The van der Waals surface area contributed by atoms with Crippen LogP contribution in [0.15, 0.2) is 53.5 Å². The van der Waals surface area contributed by atoms with Crippen LogP contribution in [0, 0.1) is 0 Å². The molecule has 1 heterocycles. The number of benzene rings is 2. The number of alkyl halides is 3. The molecule has 0 saturated carbocycles. The predicted octanol–water partition coefficient (Wildman–Crippen LogP) is 3.40. The Morgan fingerprint density at radius 2 is 1.83 bits per heavy atom. The monoisotopic (exact) mass is 418 g/mol. The zero-order valence-electron chi connectivity index (χ0n) is 15.8. The maximum Gasteiger partial charge on any atom is 0.418 e. The second kappa shape index (κ2) is 8.36. The molecule has 3 rings (SSSR count). The predicted molar refractivity (Wildman–Crippen MR) is 105 cm³/mol. The van der Waals surface area contributed by atoms with E-state index in [9.17, 15) is 27.6 Å². The molecule has 3 aromatic rings. The van der Waals surface area contributed by atoms with E-state index in [4.69, 9.17) is 0 Å². The van der Waals surface area contributed by atoms with Crippen molar-refractivity contribution in [2.24, 2.45) is 0 Å². The molecule has 0 aliphatic carbocycles. The summed E-state index contributed by atoms with van der Waals surface area (Å²) in [6.07, 6.45) is -3.76. The Bertz CT molecular complexity index is 1170. The first-order valence-electron chi connectivity index (χ1n) is 8.88. The van der Waals surface area contributed by atoms with Crippen molar-refractivity contribution in [2.45, 2.75) is 26.1 Å². The van der Waals surface area contributed by atoms with Crippen LogP contribution in [-0.2, 0) is 22.3 Å². The van der Waals surface area contributed by atoms with Gasteiger partial charge in [-0.15, -0.1) is 0 Å². The molecule has 0 fully saturated rings. The molecule has 0 unspecified atom stereocenters. The SMILES string of the molecule is CC(=O)Nc1ccc(NC(=O)CCn2ncc(=O)c3ccccc32)c(C(F)(F)F)c1. The maximum atomic E-state index is 13.4. The Balaban J connectivity index is 1.78. The minimum atomic E-state index is -4.73. The molecule has 30 heavy (non-hydrogen) atoms. The van der Waals surface area contributed by atoms with Crippen LogP contribution in [0.25, 0.3) is 10.9 Å². The minimum Gasteiger partial charge on any atom is -0.326 e. The van der Waals surface area contributed by atoms with Gasteiger partial charge in [0.15, 0.2) is 0 Å². The molecule has 0 atom stereocenters. The van der Waals surface area contributed by atoms with Crippen molar-refractivity contribution in [1.82, 2.24) is 9.78 Å². The molecular formula is C20H17F3N4O3. The van der Waals surface area contributed by atoms with Crippen molar-refractivity contribution in [3.63, 3.8) is 0 Å². The average Bonchev–Trinajstić information content (AvgIpc) is 2.68. The summed E-state index contributed by atoms with van der Waals surface area (Å²) in [5.74, 6) is -1.17. The van der Waals surface area contributed by atoms with Crippen molar-refractivity contribution in [2.75, 3.05) is 10.6 Å². The summed E-state index contributed by atoms with van der Waals surface area (Å²) in [5, 5.41) is 8.95. The molecule has 0 saturated heterocycles. The van der Waals surface area contributed by atoms with Gasteiger partial charge in [-0.1, -0.05) is 12.1 Å². The van der Waals surface area contributed by atoms with Crippen LogP contribution in [-0.4, -0.2) is 21.6 Å². The lowest BCUT2D eigenvalue weighted by atomic mass is 10.1. The second-order valence-electron chi connectivity index (χ2n) is 6.49. The Morgan fingerprint density at radius 1 is 1.10 bits per heavy atom. The van der Waals surface area contributed by atoms with Gasteiger partial charge in [0, 0.05) is 24.4 Å². The molecule has 2 aromatic carbocycles. The maximum absolute atomic E-state index is 13.4. The third-order valence-electron chi connectivity index (χ3n) is 4.23. The zero-order chi connectivity index (χ0) is 21.9. The molecule has 2 N–H and O–H groups in total. The Morgan fingerprint density at radius 3 is 2.53 bits per heavy atom. The van der Waals surface area contributed by atoms with E-state index in [0.717, 1.165) is 18.3 Å². The quantitative estimate of drug-likeness (QED) is 0.664. The Hall–Kier alpha value is -3.69. The van der Waals surface area contributed by atoms with E-state index < -0.39 is 29.2 Å². The summed E-state index contributed by atoms with van der Waals surface area (Å²) in [4.78, 5) is 35.2. The van der Waals surface area contributed by atoms with E-state index in [-0.39, 0.29) is 24.1 Å². The van der Waals surface area contributed by atoms with Crippen molar-refractivity contribution in [3.05, 3.63) is 64.4 Å². The lowest BCUT2D eigenvalue weighted by Gasteiger charge is -2.16. The van der Waals surface area contributed by atoms with E-state index in [1.807, 2.05) is 0 Å². The molecule has 0 radical (unpaired) electrons.